The Morgan fingerprint density at radius 1 is 1.43 bits per heavy atom. The van der Waals surface area contributed by atoms with Gasteiger partial charge in [-0.2, -0.15) is 10.5 Å². The number of nitrogens with zero attached hydrogens (tertiary/aromatic N) is 2. The highest BCUT2D eigenvalue weighted by Gasteiger charge is 1.99. The number of benzene rings is 1. The lowest BCUT2D eigenvalue weighted by molar-refractivity contribution is 1.01. The van der Waals surface area contributed by atoms with Gasteiger partial charge in [0, 0.05) is 5.69 Å². The smallest absolute Gasteiger partial charge is 0.111 e. The lowest BCUT2D eigenvalue weighted by Crippen LogP contribution is -2.11. The number of rotatable bonds is 3. The van der Waals surface area contributed by atoms with Crippen molar-refractivity contribution < 1.29 is 0 Å². The average Bonchev–Trinajstić information content (AvgIpc) is 2.19. The first-order valence-corrected chi connectivity index (χ1v) is 4.38. The number of nitriles is 2. The van der Waals surface area contributed by atoms with Gasteiger partial charge in [-0.15, -0.1) is 0 Å². The molecule has 1 aromatic rings. The molecule has 0 aliphatic rings. The normalized spacial score (nSPS) is 11.1. The molecule has 1 unspecified atom stereocenters. The molecule has 1 atom stereocenters. The Hall–Kier alpha value is -2.00. The van der Waals surface area contributed by atoms with Crippen molar-refractivity contribution in [3.8, 4) is 12.1 Å². The molecule has 0 heterocycles. The van der Waals surface area contributed by atoms with Gasteiger partial charge in [-0.1, -0.05) is 12.1 Å². The molecule has 0 aromatic heterocycles. The largest absolute Gasteiger partial charge is 0.370 e. The summed E-state index contributed by atoms with van der Waals surface area (Å²) in [6, 6.07) is 11.5. The minimum absolute atomic E-state index is 0.215. The summed E-state index contributed by atoms with van der Waals surface area (Å²) in [5.41, 5.74) is 1.84. The predicted molar refractivity (Wildman–Crippen MR) is 54.5 cm³/mol. The topological polar surface area (TPSA) is 59.6 Å². The van der Waals surface area contributed by atoms with Crippen LogP contribution in [0, 0.1) is 22.7 Å². The molecule has 1 rings (SSSR count). The molecule has 1 aromatic carbocycles. The van der Waals surface area contributed by atoms with Crippen LogP contribution in [-0.4, -0.2) is 6.04 Å². The van der Waals surface area contributed by atoms with Crippen molar-refractivity contribution in [2.75, 3.05) is 5.32 Å². The Morgan fingerprint density at radius 2 is 2.21 bits per heavy atom. The maximum atomic E-state index is 8.60. The second kappa shape index (κ2) is 4.89. The van der Waals surface area contributed by atoms with Crippen molar-refractivity contribution in [1.29, 1.82) is 10.5 Å². The molecule has 0 amide bonds. The third kappa shape index (κ3) is 2.80. The minimum Gasteiger partial charge on any atom is -0.370 e. The number of anilines is 1. The Bertz CT molecular complexity index is 384. The summed E-state index contributed by atoms with van der Waals surface area (Å²) >= 11 is 0. The molecule has 0 saturated carbocycles. The van der Waals surface area contributed by atoms with E-state index in [1.807, 2.05) is 24.3 Å². The number of hydrogen-bond acceptors (Lipinski definition) is 3. The van der Waals surface area contributed by atoms with Crippen molar-refractivity contribution in [2.24, 2.45) is 0 Å². The highest BCUT2D eigenvalue weighted by atomic mass is 14.9. The molecule has 70 valence electrons. The highest BCUT2D eigenvalue weighted by molar-refractivity contribution is 5.47. The zero-order valence-corrected chi connectivity index (χ0v) is 7.99. The summed E-state index contributed by atoms with van der Waals surface area (Å²) in [4.78, 5) is 0. The zero-order chi connectivity index (χ0) is 10.4. The van der Waals surface area contributed by atoms with Crippen LogP contribution in [0.15, 0.2) is 24.3 Å². The fourth-order valence-electron chi connectivity index (χ4n) is 1.14. The number of hydrogen-bond donors (Lipinski definition) is 1. The molecule has 0 aliphatic carbocycles. The molecule has 0 radical (unpaired) electrons. The zero-order valence-electron chi connectivity index (χ0n) is 7.99. The summed E-state index contributed by atoms with van der Waals surface area (Å²) in [6.07, 6.45) is 0.399. The monoisotopic (exact) mass is 185 g/mol. The van der Waals surface area contributed by atoms with Crippen molar-refractivity contribution >= 4 is 5.69 Å². The third-order valence-electron chi connectivity index (χ3n) is 1.79. The van der Waals surface area contributed by atoms with Gasteiger partial charge < -0.3 is 5.32 Å². The standard InChI is InChI=1S/C11H11N3/c1-9(8-13)14-11-4-2-3-10(7-11)5-6-12/h2-4,7,9,14H,5H2,1H3. The van der Waals surface area contributed by atoms with E-state index in [4.69, 9.17) is 10.5 Å². The lowest BCUT2D eigenvalue weighted by atomic mass is 10.1. The molecule has 3 nitrogen and oxygen atoms in total. The molecule has 3 heteroatoms. The molecule has 0 aliphatic heterocycles. The van der Waals surface area contributed by atoms with Crippen LogP contribution in [0.3, 0.4) is 0 Å². The van der Waals surface area contributed by atoms with E-state index >= 15 is 0 Å². The van der Waals surface area contributed by atoms with Crippen LogP contribution in [0.1, 0.15) is 12.5 Å². The van der Waals surface area contributed by atoms with E-state index in [1.54, 1.807) is 6.92 Å². The second-order valence-corrected chi connectivity index (χ2v) is 3.03. The van der Waals surface area contributed by atoms with Gasteiger partial charge in [0.05, 0.1) is 18.6 Å². The quantitative estimate of drug-likeness (QED) is 0.784. The second-order valence-electron chi connectivity index (χ2n) is 3.03. The Morgan fingerprint density at radius 3 is 2.86 bits per heavy atom. The Labute approximate surface area is 83.6 Å². The van der Waals surface area contributed by atoms with E-state index in [9.17, 15) is 0 Å². The maximum absolute atomic E-state index is 8.60. The van der Waals surface area contributed by atoms with Crippen LogP contribution in [0.4, 0.5) is 5.69 Å². The van der Waals surface area contributed by atoms with Gasteiger partial charge in [-0.3, -0.25) is 0 Å². The summed E-state index contributed by atoms with van der Waals surface area (Å²) < 4.78 is 0. The van der Waals surface area contributed by atoms with Gasteiger partial charge in [-0.05, 0) is 24.6 Å². The fourth-order valence-corrected chi connectivity index (χ4v) is 1.14. The van der Waals surface area contributed by atoms with Crippen LogP contribution in [-0.2, 0) is 6.42 Å². The predicted octanol–water partition coefficient (Wildman–Crippen LogP) is 2.08. The van der Waals surface area contributed by atoms with Crippen LogP contribution in [0.25, 0.3) is 0 Å². The molecular formula is C11H11N3. The van der Waals surface area contributed by atoms with Gasteiger partial charge in [0.15, 0.2) is 0 Å². The maximum Gasteiger partial charge on any atom is 0.111 e. The van der Waals surface area contributed by atoms with Crippen LogP contribution in [0.5, 0.6) is 0 Å². The molecular weight excluding hydrogens is 174 g/mol. The van der Waals surface area contributed by atoms with Gasteiger partial charge in [-0.25, -0.2) is 0 Å². The first-order valence-electron chi connectivity index (χ1n) is 4.38. The first-order chi connectivity index (χ1) is 6.76. The summed E-state index contributed by atoms with van der Waals surface area (Å²) in [7, 11) is 0. The van der Waals surface area contributed by atoms with E-state index in [0.29, 0.717) is 6.42 Å². The minimum atomic E-state index is -0.215. The lowest BCUT2D eigenvalue weighted by Gasteiger charge is -2.08. The third-order valence-corrected chi connectivity index (χ3v) is 1.79. The summed E-state index contributed by atoms with van der Waals surface area (Å²) in [6.45, 7) is 1.79. The molecule has 0 bridgehead atoms. The Balaban J connectivity index is 2.75. The first kappa shape index (κ1) is 10.1. The van der Waals surface area contributed by atoms with Crippen LogP contribution < -0.4 is 5.32 Å². The highest BCUT2D eigenvalue weighted by Crippen LogP contribution is 2.11. The Kier molecular flexibility index (Phi) is 3.52. The fraction of sp³-hybridized carbons (Fsp3) is 0.273. The molecule has 0 saturated heterocycles. The van der Waals surface area contributed by atoms with Crippen LogP contribution >= 0.6 is 0 Å². The SMILES string of the molecule is CC(C#N)Nc1cccc(CC#N)c1. The number of nitrogens with one attached hydrogen (secondary N) is 1. The van der Waals surface area contributed by atoms with Crippen LogP contribution in [0.2, 0.25) is 0 Å². The molecule has 14 heavy (non-hydrogen) atoms. The van der Waals surface area contributed by atoms with E-state index in [1.165, 1.54) is 0 Å². The van der Waals surface area contributed by atoms with Gasteiger partial charge >= 0.3 is 0 Å². The molecule has 1 N–H and O–H groups in total. The van der Waals surface area contributed by atoms with E-state index in [-0.39, 0.29) is 6.04 Å². The van der Waals surface area contributed by atoms with Crippen molar-refractivity contribution in [2.45, 2.75) is 19.4 Å². The van der Waals surface area contributed by atoms with E-state index in [0.717, 1.165) is 11.3 Å². The van der Waals surface area contributed by atoms with E-state index < -0.39 is 0 Å². The van der Waals surface area contributed by atoms with Gasteiger partial charge in [0.2, 0.25) is 0 Å². The molecule has 0 spiro atoms. The van der Waals surface area contributed by atoms with Gasteiger partial charge in [0.1, 0.15) is 6.04 Å². The van der Waals surface area contributed by atoms with Gasteiger partial charge in [0.25, 0.3) is 0 Å². The summed E-state index contributed by atoms with van der Waals surface area (Å²) in [5, 5.41) is 20.1. The molecule has 0 fully saturated rings. The van der Waals surface area contributed by atoms with Crippen molar-refractivity contribution in [3.05, 3.63) is 29.8 Å². The van der Waals surface area contributed by atoms with Crippen molar-refractivity contribution in [1.82, 2.24) is 0 Å². The summed E-state index contributed by atoms with van der Waals surface area (Å²) in [5.74, 6) is 0. The van der Waals surface area contributed by atoms with Crippen molar-refractivity contribution in [3.63, 3.8) is 0 Å². The average molecular weight is 185 g/mol. The van der Waals surface area contributed by atoms with E-state index in [2.05, 4.69) is 17.5 Å².